The molecular weight excluding hydrogens is 410 g/mol. The maximum atomic E-state index is 11.3. The van der Waals surface area contributed by atoms with Crippen molar-refractivity contribution in [2.45, 2.75) is 18.0 Å². The lowest BCUT2D eigenvalue weighted by atomic mass is 9.59. The van der Waals surface area contributed by atoms with Crippen LogP contribution in [0.2, 0.25) is 0 Å². The van der Waals surface area contributed by atoms with Crippen LogP contribution in [0.4, 0.5) is 11.4 Å². The summed E-state index contributed by atoms with van der Waals surface area (Å²) in [5, 5.41) is 11.3. The Hall–Kier alpha value is -4.25. The zero-order valence-electron chi connectivity index (χ0n) is 17.8. The molecule has 33 heavy (non-hydrogen) atoms. The quantitative estimate of drug-likeness (QED) is 0.286. The summed E-state index contributed by atoms with van der Waals surface area (Å²) in [5.74, 6) is 1.02. The SMILES string of the molecule is O=[N+]([O-])c1ccc([C@@H]2N3Cc4ccccc4N=C3C2(c2ccccc2)c2ccccc2)cc1. The summed E-state index contributed by atoms with van der Waals surface area (Å²) in [7, 11) is 0. The lowest BCUT2D eigenvalue weighted by Gasteiger charge is -2.61. The molecule has 1 saturated heterocycles. The lowest BCUT2D eigenvalue weighted by Crippen LogP contribution is -2.66. The number of para-hydroxylation sites is 1. The van der Waals surface area contributed by atoms with Crippen LogP contribution in [0.1, 0.15) is 28.3 Å². The minimum absolute atomic E-state index is 0.0461. The average Bonchev–Trinajstić information content (AvgIpc) is 2.86. The number of nitrogens with zero attached hydrogens (tertiary/aromatic N) is 3. The number of hydrogen-bond acceptors (Lipinski definition) is 4. The van der Waals surface area contributed by atoms with Crippen molar-refractivity contribution in [3.63, 3.8) is 0 Å². The van der Waals surface area contributed by atoms with Gasteiger partial charge in [0, 0.05) is 18.7 Å². The van der Waals surface area contributed by atoms with E-state index < -0.39 is 5.41 Å². The fraction of sp³-hybridized carbons (Fsp3) is 0.107. The van der Waals surface area contributed by atoms with Gasteiger partial charge < -0.3 is 4.90 Å². The summed E-state index contributed by atoms with van der Waals surface area (Å²) in [6, 6.07) is 36.1. The molecule has 160 valence electrons. The molecule has 4 aromatic rings. The number of amidine groups is 1. The van der Waals surface area contributed by atoms with Gasteiger partial charge in [0.1, 0.15) is 11.3 Å². The molecule has 0 bridgehead atoms. The first-order chi connectivity index (χ1) is 16.2. The fourth-order valence-corrected chi connectivity index (χ4v) is 5.36. The standard InChI is InChI=1S/C28H21N3O2/c32-31(33)24-17-15-20(16-18-24)26-28(22-10-3-1-4-11-22,23-12-5-2-6-13-23)27-29-25-14-8-7-9-21(25)19-30(26)27/h1-18,26H,19H2/t26-/m0/s1. The van der Waals surface area contributed by atoms with E-state index in [1.807, 2.05) is 36.4 Å². The minimum Gasteiger partial charge on any atom is -0.346 e. The Bertz CT molecular complexity index is 1330. The first kappa shape index (κ1) is 19.4. The predicted molar refractivity (Wildman–Crippen MR) is 129 cm³/mol. The van der Waals surface area contributed by atoms with E-state index in [0.717, 1.165) is 34.8 Å². The van der Waals surface area contributed by atoms with Crippen LogP contribution in [0.25, 0.3) is 0 Å². The Morgan fingerprint density at radius 2 is 1.36 bits per heavy atom. The number of aliphatic imine (C=N–C) groups is 1. The molecule has 0 N–H and O–H groups in total. The van der Waals surface area contributed by atoms with Gasteiger partial charge in [0.15, 0.2) is 0 Å². The summed E-state index contributed by atoms with van der Waals surface area (Å²) in [6.07, 6.45) is 0. The summed E-state index contributed by atoms with van der Waals surface area (Å²) >= 11 is 0. The molecular formula is C28H21N3O2. The molecule has 6 rings (SSSR count). The topological polar surface area (TPSA) is 58.7 Å². The smallest absolute Gasteiger partial charge is 0.269 e. The van der Waals surface area contributed by atoms with E-state index >= 15 is 0 Å². The van der Waals surface area contributed by atoms with E-state index in [1.165, 1.54) is 5.56 Å². The van der Waals surface area contributed by atoms with Crippen molar-refractivity contribution in [1.29, 1.82) is 0 Å². The van der Waals surface area contributed by atoms with Gasteiger partial charge in [-0.05, 0) is 28.3 Å². The number of nitro groups is 1. The first-order valence-electron chi connectivity index (χ1n) is 11.0. The number of non-ortho nitro benzene ring substituents is 1. The molecule has 0 spiro atoms. The van der Waals surface area contributed by atoms with Crippen molar-refractivity contribution in [3.8, 4) is 0 Å². The molecule has 5 nitrogen and oxygen atoms in total. The molecule has 1 atom stereocenters. The van der Waals surface area contributed by atoms with E-state index in [9.17, 15) is 10.1 Å². The Morgan fingerprint density at radius 3 is 1.97 bits per heavy atom. The second kappa shape index (κ2) is 7.41. The number of fused-ring (bicyclic) bond motifs is 2. The number of nitro benzene ring substituents is 1. The summed E-state index contributed by atoms with van der Waals surface area (Å²) in [5.41, 5.74) is 5.15. The molecule has 0 radical (unpaired) electrons. The van der Waals surface area contributed by atoms with Gasteiger partial charge in [0.2, 0.25) is 0 Å². The van der Waals surface area contributed by atoms with Crippen LogP contribution < -0.4 is 0 Å². The van der Waals surface area contributed by atoms with E-state index in [-0.39, 0.29) is 16.7 Å². The second-order valence-corrected chi connectivity index (χ2v) is 8.48. The van der Waals surface area contributed by atoms with Crippen LogP contribution in [0.5, 0.6) is 0 Å². The first-order valence-corrected chi connectivity index (χ1v) is 11.0. The maximum Gasteiger partial charge on any atom is 0.269 e. The van der Waals surface area contributed by atoms with Gasteiger partial charge >= 0.3 is 0 Å². The van der Waals surface area contributed by atoms with Crippen LogP contribution in [0, 0.1) is 10.1 Å². The third-order valence-corrected chi connectivity index (χ3v) is 6.78. The van der Waals surface area contributed by atoms with Crippen LogP contribution in [-0.2, 0) is 12.0 Å². The van der Waals surface area contributed by atoms with Crippen molar-refractivity contribution < 1.29 is 4.92 Å². The Balaban J connectivity index is 1.62. The largest absolute Gasteiger partial charge is 0.346 e. The van der Waals surface area contributed by atoms with Crippen molar-refractivity contribution in [1.82, 2.24) is 4.90 Å². The van der Waals surface area contributed by atoms with Gasteiger partial charge in [0.05, 0.1) is 16.7 Å². The number of rotatable bonds is 4. The predicted octanol–water partition coefficient (Wildman–Crippen LogP) is 6.18. The van der Waals surface area contributed by atoms with Crippen LogP contribution in [0.15, 0.2) is 114 Å². The molecule has 1 fully saturated rings. The molecule has 0 aromatic heterocycles. The highest BCUT2D eigenvalue weighted by Gasteiger charge is 2.61. The van der Waals surface area contributed by atoms with Crippen LogP contribution in [0.3, 0.4) is 0 Å². The summed E-state index contributed by atoms with van der Waals surface area (Å²) in [6.45, 7) is 0.748. The molecule has 2 aliphatic rings. The van der Waals surface area contributed by atoms with E-state index in [1.54, 1.807) is 12.1 Å². The van der Waals surface area contributed by atoms with Gasteiger partial charge in [0.25, 0.3) is 5.69 Å². The number of benzene rings is 4. The van der Waals surface area contributed by atoms with E-state index in [4.69, 9.17) is 4.99 Å². The molecule has 4 aromatic carbocycles. The van der Waals surface area contributed by atoms with Crippen LogP contribution in [-0.4, -0.2) is 15.7 Å². The van der Waals surface area contributed by atoms with Crippen molar-refractivity contribution in [3.05, 3.63) is 142 Å². The van der Waals surface area contributed by atoms with Gasteiger partial charge in [-0.25, -0.2) is 4.99 Å². The summed E-state index contributed by atoms with van der Waals surface area (Å²) < 4.78 is 0. The Labute approximate surface area is 191 Å². The molecule has 5 heteroatoms. The molecule has 0 unspecified atom stereocenters. The molecule has 2 heterocycles. The maximum absolute atomic E-state index is 11.3. The van der Waals surface area contributed by atoms with Gasteiger partial charge in [-0.15, -0.1) is 0 Å². The third kappa shape index (κ3) is 2.82. The normalized spacial score (nSPS) is 17.9. The molecule has 0 saturated carbocycles. The monoisotopic (exact) mass is 431 g/mol. The van der Waals surface area contributed by atoms with E-state index in [2.05, 4.69) is 65.6 Å². The number of hydrogen-bond donors (Lipinski definition) is 0. The van der Waals surface area contributed by atoms with Crippen LogP contribution >= 0.6 is 0 Å². The highest BCUT2D eigenvalue weighted by molar-refractivity contribution is 6.06. The zero-order chi connectivity index (χ0) is 22.4. The second-order valence-electron chi connectivity index (χ2n) is 8.48. The van der Waals surface area contributed by atoms with E-state index in [0.29, 0.717) is 0 Å². The molecule has 0 amide bonds. The van der Waals surface area contributed by atoms with Gasteiger partial charge in [-0.1, -0.05) is 91.0 Å². The Morgan fingerprint density at radius 1 is 0.788 bits per heavy atom. The van der Waals surface area contributed by atoms with Gasteiger partial charge in [-0.3, -0.25) is 10.1 Å². The highest BCUT2D eigenvalue weighted by atomic mass is 16.6. The lowest BCUT2D eigenvalue weighted by molar-refractivity contribution is -0.384. The van der Waals surface area contributed by atoms with Crippen molar-refractivity contribution in [2.75, 3.05) is 0 Å². The third-order valence-electron chi connectivity index (χ3n) is 6.78. The van der Waals surface area contributed by atoms with Crippen molar-refractivity contribution in [2.24, 2.45) is 4.99 Å². The zero-order valence-corrected chi connectivity index (χ0v) is 17.8. The summed E-state index contributed by atoms with van der Waals surface area (Å²) in [4.78, 5) is 18.4. The van der Waals surface area contributed by atoms with Gasteiger partial charge in [-0.2, -0.15) is 0 Å². The Kier molecular flexibility index (Phi) is 4.37. The average molecular weight is 431 g/mol. The van der Waals surface area contributed by atoms with Crippen molar-refractivity contribution >= 4 is 17.2 Å². The molecule has 2 aliphatic heterocycles. The fourth-order valence-electron chi connectivity index (χ4n) is 5.36. The minimum atomic E-state index is -0.494. The highest BCUT2D eigenvalue weighted by Crippen LogP contribution is 2.59. The molecule has 0 aliphatic carbocycles.